The molecule has 1 fully saturated rings. The van der Waals surface area contributed by atoms with E-state index in [-0.39, 0.29) is 24.5 Å². The highest BCUT2D eigenvalue weighted by Crippen LogP contribution is 2.17. The Morgan fingerprint density at radius 1 is 1.33 bits per heavy atom. The first kappa shape index (κ1) is 18.3. The van der Waals surface area contributed by atoms with Crippen LogP contribution >= 0.6 is 0 Å². The summed E-state index contributed by atoms with van der Waals surface area (Å²) in [6.07, 6.45) is 1.32. The first-order valence-electron chi connectivity index (χ1n) is 8.43. The van der Waals surface area contributed by atoms with E-state index in [1.807, 2.05) is 23.1 Å². The van der Waals surface area contributed by atoms with Gasteiger partial charge in [0.15, 0.2) is 6.61 Å². The summed E-state index contributed by atoms with van der Waals surface area (Å²) in [4.78, 5) is 28.2. The molecular weight excluding hydrogens is 306 g/mol. The summed E-state index contributed by atoms with van der Waals surface area (Å²) in [6.45, 7) is 4.72. The van der Waals surface area contributed by atoms with E-state index in [1.54, 1.807) is 13.1 Å². The first-order chi connectivity index (χ1) is 11.5. The van der Waals surface area contributed by atoms with Crippen LogP contribution in [0.2, 0.25) is 0 Å². The second kappa shape index (κ2) is 8.68. The maximum Gasteiger partial charge on any atom is 0.257 e. The molecule has 132 valence electrons. The standard InChI is InChI=1S/C18H27N3O3/c1-4-15-12-20(3)8-9-21(15)18(23)11-14-6-5-7-16(10-14)24-13-17(22)19-2/h5-7,10,15H,4,8-9,11-13H2,1-3H3,(H,19,22). The Labute approximate surface area is 143 Å². The van der Waals surface area contributed by atoms with Gasteiger partial charge < -0.3 is 19.9 Å². The molecule has 1 N–H and O–H groups in total. The molecule has 1 saturated heterocycles. The van der Waals surface area contributed by atoms with Gasteiger partial charge in [0.1, 0.15) is 5.75 Å². The number of hydrogen-bond donors (Lipinski definition) is 1. The summed E-state index contributed by atoms with van der Waals surface area (Å²) < 4.78 is 5.44. The van der Waals surface area contributed by atoms with Crippen molar-refractivity contribution >= 4 is 11.8 Å². The van der Waals surface area contributed by atoms with Gasteiger partial charge in [-0.1, -0.05) is 19.1 Å². The molecule has 1 aromatic carbocycles. The summed E-state index contributed by atoms with van der Waals surface area (Å²) in [5.74, 6) is 0.576. The van der Waals surface area contributed by atoms with Crippen molar-refractivity contribution in [1.29, 1.82) is 0 Å². The molecule has 0 aromatic heterocycles. The molecule has 0 bridgehead atoms. The highest BCUT2D eigenvalue weighted by molar-refractivity contribution is 5.79. The largest absolute Gasteiger partial charge is 0.484 e. The van der Waals surface area contributed by atoms with Crippen molar-refractivity contribution < 1.29 is 14.3 Å². The third kappa shape index (κ3) is 4.96. The second-order valence-electron chi connectivity index (χ2n) is 6.20. The van der Waals surface area contributed by atoms with Crippen molar-refractivity contribution in [3.05, 3.63) is 29.8 Å². The minimum absolute atomic E-state index is 0.0235. The number of nitrogens with zero attached hydrogens (tertiary/aromatic N) is 2. The maximum atomic E-state index is 12.7. The van der Waals surface area contributed by atoms with Crippen molar-refractivity contribution in [1.82, 2.24) is 15.1 Å². The number of likely N-dealkylation sites (N-methyl/N-ethyl adjacent to an activating group) is 2. The Morgan fingerprint density at radius 2 is 2.12 bits per heavy atom. The highest BCUT2D eigenvalue weighted by atomic mass is 16.5. The smallest absolute Gasteiger partial charge is 0.257 e. The Balaban J connectivity index is 1.97. The molecule has 0 radical (unpaired) electrons. The zero-order chi connectivity index (χ0) is 17.5. The Kier molecular flexibility index (Phi) is 6.61. The van der Waals surface area contributed by atoms with Crippen LogP contribution in [-0.2, 0) is 16.0 Å². The quantitative estimate of drug-likeness (QED) is 0.840. The number of carbonyl (C=O) groups is 2. The predicted molar refractivity (Wildman–Crippen MR) is 93.0 cm³/mol. The maximum absolute atomic E-state index is 12.7. The lowest BCUT2D eigenvalue weighted by Gasteiger charge is -2.39. The van der Waals surface area contributed by atoms with Crippen LogP contribution in [0.25, 0.3) is 0 Å². The van der Waals surface area contributed by atoms with E-state index < -0.39 is 0 Å². The molecular formula is C18H27N3O3. The van der Waals surface area contributed by atoms with Crippen LogP contribution in [0.15, 0.2) is 24.3 Å². The van der Waals surface area contributed by atoms with Crippen molar-refractivity contribution in [3.63, 3.8) is 0 Å². The van der Waals surface area contributed by atoms with Gasteiger partial charge in [-0.25, -0.2) is 0 Å². The van der Waals surface area contributed by atoms with Crippen molar-refractivity contribution in [2.45, 2.75) is 25.8 Å². The predicted octanol–water partition coefficient (Wildman–Crippen LogP) is 0.907. The summed E-state index contributed by atoms with van der Waals surface area (Å²) in [5, 5.41) is 2.51. The lowest BCUT2D eigenvalue weighted by molar-refractivity contribution is -0.135. The minimum atomic E-state index is -0.181. The summed E-state index contributed by atoms with van der Waals surface area (Å²) in [7, 11) is 3.67. The van der Waals surface area contributed by atoms with Gasteiger partial charge in [-0.15, -0.1) is 0 Å². The normalized spacial score (nSPS) is 18.3. The molecule has 0 aliphatic carbocycles. The fraction of sp³-hybridized carbons (Fsp3) is 0.556. The summed E-state index contributed by atoms with van der Waals surface area (Å²) in [5.41, 5.74) is 0.906. The van der Waals surface area contributed by atoms with Crippen molar-refractivity contribution in [3.8, 4) is 5.75 Å². The molecule has 6 heteroatoms. The van der Waals surface area contributed by atoms with Crippen LogP contribution in [0.5, 0.6) is 5.75 Å². The second-order valence-corrected chi connectivity index (χ2v) is 6.20. The van der Waals surface area contributed by atoms with E-state index in [1.165, 1.54) is 0 Å². The van der Waals surface area contributed by atoms with E-state index in [0.29, 0.717) is 12.2 Å². The van der Waals surface area contributed by atoms with Crippen molar-refractivity contribution in [2.24, 2.45) is 0 Å². The van der Waals surface area contributed by atoms with Gasteiger partial charge in [-0.05, 0) is 31.2 Å². The van der Waals surface area contributed by atoms with Gasteiger partial charge in [0.25, 0.3) is 5.91 Å². The van der Waals surface area contributed by atoms with Gasteiger partial charge in [0.05, 0.1) is 6.42 Å². The lowest BCUT2D eigenvalue weighted by Crippen LogP contribution is -2.54. The van der Waals surface area contributed by atoms with Crippen LogP contribution in [0.1, 0.15) is 18.9 Å². The number of benzene rings is 1. The van der Waals surface area contributed by atoms with Gasteiger partial charge in [0.2, 0.25) is 5.91 Å². The van der Waals surface area contributed by atoms with Crippen LogP contribution in [0.3, 0.4) is 0 Å². The van der Waals surface area contributed by atoms with Crippen molar-refractivity contribution in [2.75, 3.05) is 40.3 Å². The molecule has 0 saturated carbocycles. The Bertz CT molecular complexity index is 576. The average molecular weight is 333 g/mol. The number of hydrogen-bond acceptors (Lipinski definition) is 4. The SMILES string of the molecule is CCC1CN(C)CCN1C(=O)Cc1cccc(OCC(=O)NC)c1. The number of nitrogens with one attached hydrogen (secondary N) is 1. The van der Waals surface area contributed by atoms with Gasteiger partial charge in [-0.3, -0.25) is 9.59 Å². The molecule has 1 heterocycles. The molecule has 0 spiro atoms. The highest BCUT2D eigenvalue weighted by Gasteiger charge is 2.27. The summed E-state index contributed by atoms with van der Waals surface area (Å²) in [6, 6.07) is 7.67. The molecule has 2 rings (SSSR count). The topological polar surface area (TPSA) is 61.9 Å². The number of amides is 2. The average Bonchev–Trinajstić information content (AvgIpc) is 2.59. The molecule has 1 aliphatic heterocycles. The fourth-order valence-electron chi connectivity index (χ4n) is 2.93. The molecule has 1 aromatic rings. The van der Waals surface area contributed by atoms with Crippen LogP contribution in [0.4, 0.5) is 0 Å². The molecule has 1 unspecified atom stereocenters. The van der Waals surface area contributed by atoms with Crippen LogP contribution in [-0.4, -0.2) is 68.0 Å². The molecule has 1 atom stereocenters. The monoisotopic (exact) mass is 333 g/mol. The van der Waals surface area contributed by atoms with Crippen LogP contribution < -0.4 is 10.1 Å². The Morgan fingerprint density at radius 3 is 2.83 bits per heavy atom. The molecule has 1 aliphatic rings. The molecule has 6 nitrogen and oxygen atoms in total. The zero-order valence-electron chi connectivity index (χ0n) is 14.7. The minimum Gasteiger partial charge on any atom is -0.484 e. The first-order valence-corrected chi connectivity index (χ1v) is 8.43. The third-order valence-electron chi connectivity index (χ3n) is 4.38. The number of ether oxygens (including phenoxy) is 1. The van der Waals surface area contributed by atoms with E-state index >= 15 is 0 Å². The number of carbonyl (C=O) groups excluding carboxylic acids is 2. The fourth-order valence-corrected chi connectivity index (χ4v) is 2.93. The zero-order valence-corrected chi connectivity index (χ0v) is 14.7. The Hall–Kier alpha value is -2.08. The third-order valence-corrected chi connectivity index (χ3v) is 4.38. The molecule has 24 heavy (non-hydrogen) atoms. The van der Waals surface area contributed by atoms with Gasteiger partial charge in [-0.2, -0.15) is 0 Å². The lowest BCUT2D eigenvalue weighted by atomic mass is 10.1. The number of rotatable bonds is 6. The van der Waals surface area contributed by atoms with E-state index in [2.05, 4.69) is 24.2 Å². The van der Waals surface area contributed by atoms with E-state index in [0.717, 1.165) is 31.6 Å². The van der Waals surface area contributed by atoms with Gasteiger partial charge >= 0.3 is 0 Å². The van der Waals surface area contributed by atoms with E-state index in [4.69, 9.17) is 4.74 Å². The van der Waals surface area contributed by atoms with E-state index in [9.17, 15) is 9.59 Å². The summed E-state index contributed by atoms with van der Waals surface area (Å²) >= 11 is 0. The van der Waals surface area contributed by atoms with Crippen LogP contribution in [0, 0.1) is 0 Å². The van der Waals surface area contributed by atoms with Gasteiger partial charge in [0, 0.05) is 32.7 Å². The molecule has 2 amide bonds. The number of piperazine rings is 1.